The number of halogens is 1. The van der Waals surface area contributed by atoms with Crippen LogP contribution in [-0.2, 0) is 14.3 Å². The number of carbonyl (C=O) groups excluding carboxylic acids is 3. The van der Waals surface area contributed by atoms with Crippen molar-refractivity contribution in [3.05, 3.63) is 76.4 Å². The van der Waals surface area contributed by atoms with Gasteiger partial charge in [-0.05, 0) is 61.7 Å². The van der Waals surface area contributed by atoms with Gasteiger partial charge in [-0.3, -0.25) is 9.59 Å². The molecular weight excluding hydrogens is 431 g/mol. The highest BCUT2D eigenvalue weighted by atomic mass is 32.1. The molecule has 0 fully saturated rings. The second-order valence-electron chi connectivity index (χ2n) is 7.25. The minimum absolute atomic E-state index is 0.248. The van der Waals surface area contributed by atoms with E-state index in [0.29, 0.717) is 10.6 Å². The second-order valence-corrected chi connectivity index (χ2v) is 8.33. The molecule has 1 heterocycles. The summed E-state index contributed by atoms with van der Waals surface area (Å²) in [7, 11) is 0. The van der Waals surface area contributed by atoms with Gasteiger partial charge in [-0.25, -0.2) is 9.18 Å². The van der Waals surface area contributed by atoms with Gasteiger partial charge >= 0.3 is 5.97 Å². The lowest BCUT2D eigenvalue weighted by Gasteiger charge is -2.14. The van der Waals surface area contributed by atoms with Crippen LogP contribution in [0.2, 0.25) is 0 Å². The lowest BCUT2D eigenvalue weighted by molar-refractivity contribution is -0.130. The molecule has 0 aliphatic heterocycles. The molecule has 0 spiro atoms. The number of carbonyl (C=O) groups is 3. The molecular formula is C24H23FN2O4S. The standard InChI is InChI=1S/C24H23FN2O4S/c1-14-5-4-6-15(2)22(14)27-21(28)13-26-23(29)16(3)31-24(30)20-12-11-19(32-20)17-7-9-18(25)10-8-17/h4-12,16H,13H2,1-3H3,(H,26,29)(H,27,28). The Morgan fingerprint density at radius 1 is 1.00 bits per heavy atom. The van der Waals surface area contributed by atoms with Gasteiger partial charge in [-0.2, -0.15) is 0 Å². The molecule has 0 saturated heterocycles. The van der Waals surface area contributed by atoms with E-state index < -0.39 is 18.0 Å². The number of hydrogen-bond acceptors (Lipinski definition) is 5. The number of benzene rings is 2. The molecule has 0 saturated carbocycles. The van der Waals surface area contributed by atoms with Crippen molar-refractivity contribution in [2.75, 3.05) is 11.9 Å². The lowest BCUT2D eigenvalue weighted by Crippen LogP contribution is -2.40. The van der Waals surface area contributed by atoms with Crippen LogP contribution >= 0.6 is 11.3 Å². The van der Waals surface area contributed by atoms with Crippen LogP contribution in [0.1, 0.15) is 27.7 Å². The topological polar surface area (TPSA) is 84.5 Å². The van der Waals surface area contributed by atoms with E-state index in [0.717, 1.165) is 21.6 Å². The number of para-hydroxylation sites is 1. The van der Waals surface area contributed by atoms with Crippen LogP contribution in [0.5, 0.6) is 0 Å². The summed E-state index contributed by atoms with van der Waals surface area (Å²) >= 11 is 1.18. The van der Waals surface area contributed by atoms with Crippen molar-refractivity contribution < 1.29 is 23.5 Å². The summed E-state index contributed by atoms with van der Waals surface area (Å²) in [5.41, 5.74) is 3.32. The summed E-state index contributed by atoms with van der Waals surface area (Å²) in [5, 5.41) is 5.25. The van der Waals surface area contributed by atoms with E-state index >= 15 is 0 Å². The van der Waals surface area contributed by atoms with Crippen molar-refractivity contribution in [1.29, 1.82) is 0 Å². The third kappa shape index (κ3) is 5.79. The van der Waals surface area contributed by atoms with Gasteiger partial charge in [-0.15, -0.1) is 11.3 Å². The molecule has 8 heteroatoms. The number of anilines is 1. The Hall–Kier alpha value is -3.52. The third-order valence-corrected chi connectivity index (χ3v) is 5.87. The van der Waals surface area contributed by atoms with Gasteiger partial charge in [0.25, 0.3) is 5.91 Å². The number of amides is 2. The minimum Gasteiger partial charge on any atom is -0.448 e. The van der Waals surface area contributed by atoms with Crippen molar-refractivity contribution >= 4 is 34.8 Å². The quantitative estimate of drug-likeness (QED) is 0.516. The molecule has 0 bridgehead atoms. The highest BCUT2D eigenvalue weighted by Crippen LogP contribution is 2.28. The first-order valence-electron chi connectivity index (χ1n) is 9.95. The van der Waals surface area contributed by atoms with Crippen molar-refractivity contribution in [3.63, 3.8) is 0 Å². The molecule has 1 unspecified atom stereocenters. The number of ether oxygens (including phenoxy) is 1. The molecule has 1 atom stereocenters. The van der Waals surface area contributed by atoms with Crippen LogP contribution < -0.4 is 10.6 Å². The summed E-state index contributed by atoms with van der Waals surface area (Å²) in [6, 6.07) is 14.9. The van der Waals surface area contributed by atoms with Gasteiger partial charge in [0.2, 0.25) is 5.91 Å². The van der Waals surface area contributed by atoms with E-state index in [1.807, 2.05) is 32.0 Å². The molecule has 32 heavy (non-hydrogen) atoms. The summed E-state index contributed by atoms with van der Waals surface area (Å²) in [6.45, 7) is 4.96. The number of rotatable bonds is 7. The van der Waals surface area contributed by atoms with Crippen molar-refractivity contribution in [2.45, 2.75) is 26.9 Å². The van der Waals surface area contributed by atoms with Gasteiger partial charge in [0.05, 0.1) is 6.54 Å². The van der Waals surface area contributed by atoms with Crippen molar-refractivity contribution in [2.24, 2.45) is 0 Å². The number of esters is 1. The molecule has 2 amide bonds. The zero-order valence-electron chi connectivity index (χ0n) is 17.9. The van der Waals surface area contributed by atoms with Gasteiger partial charge in [0, 0.05) is 10.6 Å². The predicted molar refractivity (Wildman–Crippen MR) is 122 cm³/mol. The van der Waals surface area contributed by atoms with Gasteiger partial charge < -0.3 is 15.4 Å². The van der Waals surface area contributed by atoms with Gasteiger partial charge in [0.15, 0.2) is 6.10 Å². The molecule has 6 nitrogen and oxygen atoms in total. The maximum absolute atomic E-state index is 13.1. The van der Waals surface area contributed by atoms with Crippen LogP contribution in [0.15, 0.2) is 54.6 Å². The van der Waals surface area contributed by atoms with E-state index in [-0.39, 0.29) is 18.3 Å². The SMILES string of the molecule is Cc1cccc(C)c1NC(=O)CNC(=O)C(C)OC(=O)c1ccc(-c2ccc(F)cc2)s1. The van der Waals surface area contributed by atoms with Crippen molar-refractivity contribution in [3.8, 4) is 10.4 Å². The first kappa shape index (κ1) is 23.1. The van der Waals surface area contributed by atoms with E-state index in [1.165, 1.54) is 30.4 Å². The smallest absolute Gasteiger partial charge is 0.349 e. The predicted octanol–water partition coefficient (Wildman–Crippen LogP) is 4.47. The molecule has 0 aliphatic rings. The average Bonchev–Trinajstić information content (AvgIpc) is 3.25. The van der Waals surface area contributed by atoms with E-state index in [2.05, 4.69) is 10.6 Å². The first-order chi connectivity index (χ1) is 15.2. The van der Waals surface area contributed by atoms with Gasteiger partial charge in [0.1, 0.15) is 10.7 Å². The van der Waals surface area contributed by atoms with E-state index in [4.69, 9.17) is 4.74 Å². The second kappa shape index (κ2) is 10.2. The molecule has 0 aliphatic carbocycles. The molecule has 3 rings (SSSR count). The number of nitrogens with one attached hydrogen (secondary N) is 2. The number of thiophene rings is 1. The molecule has 166 valence electrons. The Labute approximate surface area is 189 Å². The highest BCUT2D eigenvalue weighted by Gasteiger charge is 2.21. The monoisotopic (exact) mass is 454 g/mol. The first-order valence-corrected chi connectivity index (χ1v) is 10.8. The zero-order chi connectivity index (χ0) is 23.3. The summed E-state index contributed by atoms with van der Waals surface area (Å²) in [5.74, 6) is -1.94. The Morgan fingerprint density at radius 2 is 1.66 bits per heavy atom. The largest absolute Gasteiger partial charge is 0.448 e. The maximum atomic E-state index is 13.1. The average molecular weight is 455 g/mol. The van der Waals surface area contributed by atoms with Crippen LogP contribution in [0.3, 0.4) is 0 Å². The molecule has 1 aromatic heterocycles. The van der Waals surface area contributed by atoms with Crippen LogP contribution in [-0.4, -0.2) is 30.4 Å². The Morgan fingerprint density at radius 3 is 2.31 bits per heavy atom. The number of aryl methyl sites for hydroxylation is 2. The third-order valence-electron chi connectivity index (χ3n) is 4.76. The van der Waals surface area contributed by atoms with Crippen molar-refractivity contribution in [1.82, 2.24) is 5.32 Å². The Kier molecular flexibility index (Phi) is 7.37. The van der Waals surface area contributed by atoms with Crippen LogP contribution in [0.25, 0.3) is 10.4 Å². The Bertz CT molecular complexity index is 1120. The van der Waals surface area contributed by atoms with E-state index in [1.54, 1.807) is 24.3 Å². The Balaban J connectivity index is 1.51. The molecule has 2 aromatic carbocycles. The lowest BCUT2D eigenvalue weighted by atomic mass is 10.1. The number of hydrogen-bond donors (Lipinski definition) is 2. The molecule has 3 aromatic rings. The minimum atomic E-state index is -1.08. The molecule has 0 radical (unpaired) electrons. The molecule has 2 N–H and O–H groups in total. The highest BCUT2D eigenvalue weighted by molar-refractivity contribution is 7.17. The van der Waals surface area contributed by atoms with Gasteiger partial charge in [-0.1, -0.05) is 30.3 Å². The normalized spacial score (nSPS) is 11.5. The maximum Gasteiger partial charge on any atom is 0.349 e. The summed E-state index contributed by atoms with van der Waals surface area (Å²) < 4.78 is 18.3. The van der Waals surface area contributed by atoms with Crippen LogP contribution in [0, 0.1) is 19.7 Å². The fraction of sp³-hybridized carbons (Fsp3) is 0.208. The summed E-state index contributed by atoms with van der Waals surface area (Å²) in [6.07, 6.45) is -1.08. The summed E-state index contributed by atoms with van der Waals surface area (Å²) in [4.78, 5) is 37.9. The van der Waals surface area contributed by atoms with E-state index in [9.17, 15) is 18.8 Å². The fourth-order valence-electron chi connectivity index (χ4n) is 3.00. The van der Waals surface area contributed by atoms with Crippen LogP contribution in [0.4, 0.5) is 10.1 Å². The zero-order valence-corrected chi connectivity index (χ0v) is 18.7. The fourth-order valence-corrected chi connectivity index (χ4v) is 3.89.